The molecule has 0 saturated carbocycles. The molecule has 0 bridgehead atoms. The second-order valence-electron chi connectivity index (χ2n) is 6.68. The van der Waals surface area contributed by atoms with Gasteiger partial charge in [0.2, 0.25) is 0 Å². The number of amides is 1. The van der Waals surface area contributed by atoms with Crippen LogP contribution in [0.1, 0.15) is 34.6 Å². The minimum atomic E-state index is -3.69. The zero-order chi connectivity index (χ0) is 17.7. The van der Waals surface area contributed by atoms with Gasteiger partial charge in [-0.2, -0.15) is 0 Å². The minimum absolute atomic E-state index is 0.0505. The van der Waals surface area contributed by atoms with Crippen molar-refractivity contribution in [3.63, 3.8) is 0 Å². The van der Waals surface area contributed by atoms with Crippen LogP contribution in [0.2, 0.25) is 0 Å². The van der Waals surface area contributed by atoms with E-state index in [-0.39, 0.29) is 22.6 Å². The van der Waals surface area contributed by atoms with Crippen LogP contribution in [0.4, 0.5) is 0 Å². The van der Waals surface area contributed by atoms with Gasteiger partial charge in [0, 0.05) is 0 Å². The molecule has 0 N–H and O–H groups in total. The van der Waals surface area contributed by atoms with Crippen LogP contribution in [0.3, 0.4) is 0 Å². The first-order valence-corrected chi connectivity index (χ1v) is 8.77. The average molecular weight is 341 g/mol. The van der Waals surface area contributed by atoms with Crippen molar-refractivity contribution in [2.24, 2.45) is 0 Å². The molecule has 2 rings (SSSR count). The molecule has 0 aromatic carbocycles. The van der Waals surface area contributed by atoms with E-state index in [1.54, 1.807) is 20.8 Å². The summed E-state index contributed by atoms with van der Waals surface area (Å²) in [6.07, 6.45) is 1.01. The molecule has 1 saturated heterocycles. The number of fused-ring (bicyclic) bond motifs is 1. The summed E-state index contributed by atoms with van der Waals surface area (Å²) in [4.78, 5) is 36.7. The SMILES string of the molecule is CC(=O)/C=C1/C(=O)N2C(C(=O)OC(C)(C)C)=C(C)CS(=O)(=O)[C@H]12. The molecule has 0 aromatic rings. The number of nitrogens with zero attached hydrogens (tertiary/aromatic N) is 1. The van der Waals surface area contributed by atoms with Crippen molar-refractivity contribution in [1.82, 2.24) is 4.90 Å². The average Bonchev–Trinajstić information content (AvgIpc) is 2.31. The van der Waals surface area contributed by atoms with Gasteiger partial charge in [0.15, 0.2) is 21.0 Å². The highest BCUT2D eigenvalue weighted by molar-refractivity contribution is 7.92. The summed E-state index contributed by atoms with van der Waals surface area (Å²) in [5, 5.41) is -1.29. The lowest BCUT2D eigenvalue weighted by atomic mass is 10.0. The fraction of sp³-hybridized carbons (Fsp3) is 0.533. The number of β-lactam (4-membered cyclic amide) rings is 1. The van der Waals surface area contributed by atoms with E-state index in [1.807, 2.05) is 0 Å². The van der Waals surface area contributed by atoms with Gasteiger partial charge >= 0.3 is 5.97 Å². The first-order chi connectivity index (χ1) is 10.3. The topological polar surface area (TPSA) is 97.8 Å². The van der Waals surface area contributed by atoms with Crippen LogP contribution in [0.25, 0.3) is 0 Å². The minimum Gasteiger partial charge on any atom is -0.455 e. The molecule has 0 aromatic heterocycles. The third kappa shape index (κ3) is 3.08. The number of hydrogen-bond donors (Lipinski definition) is 0. The van der Waals surface area contributed by atoms with Crippen LogP contribution in [-0.4, -0.2) is 47.7 Å². The van der Waals surface area contributed by atoms with Crippen molar-refractivity contribution in [1.29, 1.82) is 0 Å². The molecule has 2 heterocycles. The van der Waals surface area contributed by atoms with E-state index in [4.69, 9.17) is 4.74 Å². The molecule has 1 fully saturated rings. The highest BCUT2D eigenvalue weighted by atomic mass is 32.2. The fourth-order valence-corrected chi connectivity index (χ4v) is 4.58. The molecular formula is C15H19NO6S. The quantitative estimate of drug-likeness (QED) is 0.417. The predicted octanol–water partition coefficient (Wildman–Crippen LogP) is 0.714. The lowest BCUT2D eigenvalue weighted by Gasteiger charge is -2.45. The normalized spacial score (nSPS) is 25.1. The van der Waals surface area contributed by atoms with Crippen molar-refractivity contribution < 1.29 is 27.5 Å². The molecule has 0 radical (unpaired) electrons. The summed E-state index contributed by atoms with van der Waals surface area (Å²) in [5.74, 6) is -2.18. The van der Waals surface area contributed by atoms with Crippen LogP contribution < -0.4 is 0 Å². The van der Waals surface area contributed by atoms with E-state index in [1.165, 1.54) is 13.8 Å². The third-order valence-electron chi connectivity index (χ3n) is 3.32. The summed E-state index contributed by atoms with van der Waals surface area (Å²) in [5.41, 5.74) is -0.676. The van der Waals surface area contributed by atoms with E-state index in [9.17, 15) is 22.8 Å². The number of rotatable bonds is 2. The highest BCUT2D eigenvalue weighted by Gasteiger charge is 2.56. The Bertz CT molecular complexity index is 766. The maximum Gasteiger partial charge on any atom is 0.355 e. The number of hydrogen-bond acceptors (Lipinski definition) is 6. The number of ketones is 1. The van der Waals surface area contributed by atoms with E-state index in [2.05, 4.69) is 0 Å². The Morgan fingerprint density at radius 3 is 2.35 bits per heavy atom. The van der Waals surface area contributed by atoms with Crippen molar-refractivity contribution in [2.75, 3.05) is 5.75 Å². The number of sulfone groups is 1. The largest absolute Gasteiger partial charge is 0.455 e. The van der Waals surface area contributed by atoms with E-state index in [0.29, 0.717) is 0 Å². The van der Waals surface area contributed by atoms with Gasteiger partial charge in [0.1, 0.15) is 11.3 Å². The number of carbonyl (C=O) groups excluding carboxylic acids is 3. The molecule has 0 aliphatic carbocycles. The third-order valence-corrected chi connectivity index (χ3v) is 5.30. The van der Waals surface area contributed by atoms with Gasteiger partial charge in [0.05, 0.1) is 11.3 Å². The Morgan fingerprint density at radius 1 is 1.30 bits per heavy atom. The highest BCUT2D eigenvalue weighted by Crippen LogP contribution is 2.40. The summed E-state index contributed by atoms with van der Waals surface area (Å²) in [6, 6.07) is 0. The van der Waals surface area contributed by atoms with Crippen LogP contribution in [0.15, 0.2) is 22.9 Å². The van der Waals surface area contributed by atoms with Gasteiger partial charge in [0.25, 0.3) is 5.91 Å². The zero-order valence-corrected chi connectivity index (χ0v) is 14.5. The van der Waals surface area contributed by atoms with Crippen molar-refractivity contribution >= 4 is 27.5 Å². The molecule has 7 nitrogen and oxygen atoms in total. The maximum absolute atomic E-state index is 12.3. The Labute approximate surface area is 134 Å². The second-order valence-corrected chi connectivity index (χ2v) is 8.74. The Kier molecular flexibility index (Phi) is 4.00. The van der Waals surface area contributed by atoms with Crippen LogP contribution in [0, 0.1) is 0 Å². The molecule has 23 heavy (non-hydrogen) atoms. The van der Waals surface area contributed by atoms with Crippen LogP contribution >= 0.6 is 0 Å². The summed E-state index contributed by atoms with van der Waals surface area (Å²) >= 11 is 0. The van der Waals surface area contributed by atoms with Crippen molar-refractivity contribution in [3.8, 4) is 0 Å². The van der Waals surface area contributed by atoms with Gasteiger partial charge < -0.3 is 4.74 Å². The van der Waals surface area contributed by atoms with Crippen molar-refractivity contribution in [2.45, 2.75) is 45.6 Å². The van der Waals surface area contributed by atoms with Crippen LogP contribution in [0.5, 0.6) is 0 Å². The lowest BCUT2D eigenvalue weighted by Crippen LogP contribution is -2.62. The van der Waals surface area contributed by atoms with Gasteiger partial charge in [-0.25, -0.2) is 13.2 Å². The monoisotopic (exact) mass is 341 g/mol. The zero-order valence-electron chi connectivity index (χ0n) is 13.7. The summed E-state index contributed by atoms with van der Waals surface area (Å²) in [7, 11) is -3.69. The molecular weight excluding hydrogens is 322 g/mol. The summed E-state index contributed by atoms with van der Waals surface area (Å²) < 4.78 is 29.9. The van der Waals surface area contributed by atoms with Crippen LogP contribution in [-0.2, 0) is 29.0 Å². The number of ether oxygens (including phenoxy) is 1. The molecule has 126 valence electrons. The Morgan fingerprint density at radius 2 is 1.87 bits per heavy atom. The Hall–Kier alpha value is -1.96. The van der Waals surface area contributed by atoms with E-state index < -0.39 is 38.5 Å². The second kappa shape index (κ2) is 5.30. The lowest BCUT2D eigenvalue weighted by molar-refractivity contribution is -0.155. The van der Waals surface area contributed by atoms with Gasteiger partial charge in [-0.3, -0.25) is 14.5 Å². The fourth-order valence-electron chi connectivity index (χ4n) is 2.60. The predicted molar refractivity (Wildman–Crippen MR) is 81.7 cm³/mol. The van der Waals surface area contributed by atoms with Crippen molar-refractivity contribution in [3.05, 3.63) is 22.9 Å². The molecule has 0 spiro atoms. The molecule has 8 heteroatoms. The Balaban J connectivity index is 2.49. The maximum atomic E-state index is 12.3. The summed E-state index contributed by atoms with van der Waals surface area (Å²) in [6.45, 7) is 7.74. The standard InChI is InChI=1S/C15H19NO6S/c1-8-7-23(20,21)13-10(6-9(2)17)12(18)16(13)11(8)14(19)22-15(3,4)5/h6,13H,7H2,1-5H3/b10-6-/t13-/m1/s1. The first-order valence-electron chi connectivity index (χ1n) is 7.05. The number of esters is 1. The molecule has 2 aliphatic rings. The molecule has 0 unspecified atom stereocenters. The van der Waals surface area contributed by atoms with Gasteiger partial charge in [-0.1, -0.05) is 0 Å². The smallest absolute Gasteiger partial charge is 0.355 e. The van der Waals surface area contributed by atoms with Gasteiger partial charge in [-0.05, 0) is 46.3 Å². The van der Waals surface area contributed by atoms with Gasteiger partial charge in [-0.15, -0.1) is 0 Å². The molecule has 2 aliphatic heterocycles. The molecule has 1 amide bonds. The van der Waals surface area contributed by atoms with E-state index in [0.717, 1.165) is 11.0 Å². The molecule has 1 atom stereocenters. The number of carbonyl (C=O) groups is 3. The number of allylic oxidation sites excluding steroid dienone is 1. The van der Waals surface area contributed by atoms with E-state index >= 15 is 0 Å². The first kappa shape index (κ1) is 17.4.